The van der Waals surface area contributed by atoms with E-state index in [1.54, 1.807) is 12.1 Å². The molecule has 0 saturated carbocycles. The van der Waals surface area contributed by atoms with E-state index in [2.05, 4.69) is 4.98 Å². The number of nitrogens with two attached hydrogens (primary N) is 1. The lowest BCUT2D eigenvalue weighted by molar-refractivity contribution is 0.0697. The molecule has 1 heterocycles. The van der Waals surface area contributed by atoms with Crippen molar-refractivity contribution in [3.8, 4) is 0 Å². The van der Waals surface area contributed by atoms with Crippen LogP contribution in [0.3, 0.4) is 0 Å². The molecule has 0 fully saturated rings. The molecule has 0 radical (unpaired) electrons. The predicted molar refractivity (Wildman–Crippen MR) is 71.1 cm³/mol. The zero-order valence-corrected chi connectivity index (χ0v) is 11.0. The van der Waals surface area contributed by atoms with Crippen LogP contribution in [-0.2, 0) is 0 Å². The summed E-state index contributed by atoms with van der Waals surface area (Å²) in [4.78, 5) is 15.1. The van der Waals surface area contributed by atoms with Gasteiger partial charge in [-0.15, -0.1) is 0 Å². The van der Waals surface area contributed by atoms with Gasteiger partial charge >= 0.3 is 5.97 Å². The Labute approximate surface area is 117 Å². The first-order valence-corrected chi connectivity index (χ1v) is 6.29. The van der Waals surface area contributed by atoms with E-state index >= 15 is 0 Å². The van der Waals surface area contributed by atoms with Gasteiger partial charge in [-0.25, -0.2) is 14.2 Å². The minimum Gasteiger partial charge on any atom is -0.478 e. The van der Waals surface area contributed by atoms with Crippen molar-refractivity contribution in [1.29, 1.82) is 0 Å². The molecule has 19 heavy (non-hydrogen) atoms. The van der Waals surface area contributed by atoms with Crippen LogP contribution >= 0.6 is 23.4 Å². The number of hydrogen-bond acceptors (Lipinski definition) is 4. The van der Waals surface area contributed by atoms with E-state index in [-0.39, 0.29) is 16.1 Å². The van der Waals surface area contributed by atoms with Crippen molar-refractivity contribution in [3.05, 3.63) is 46.9 Å². The second kappa shape index (κ2) is 5.46. The van der Waals surface area contributed by atoms with E-state index in [0.717, 1.165) is 17.8 Å². The van der Waals surface area contributed by atoms with Crippen LogP contribution in [0, 0.1) is 5.82 Å². The number of nitrogen functional groups attached to an aromatic ring is 1. The van der Waals surface area contributed by atoms with Gasteiger partial charge in [0.25, 0.3) is 0 Å². The number of pyridine rings is 1. The molecule has 2 aromatic rings. The largest absolute Gasteiger partial charge is 0.478 e. The molecule has 98 valence electrons. The van der Waals surface area contributed by atoms with Gasteiger partial charge in [-0.2, -0.15) is 0 Å². The van der Waals surface area contributed by atoms with Crippen molar-refractivity contribution in [1.82, 2.24) is 4.98 Å². The Hall–Kier alpha value is -1.79. The van der Waals surface area contributed by atoms with Gasteiger partial charge in [-0.3, -0.25) is 0 Å². The van der Waals surface area contributed by atoms with Crippen molar-refractivity contribution >= 4 is 35.0 Å². The van der Waals surface area contributed by atoms with Gasteiger partial charge in [0.1, 0.15) is 10.8 Å². The third kappa shape index (κ3) is 2.97. The lowest BCUT2D eigenvalue weighted by Crippen LogP contribution is -2.03. The molecule has 0 amide bonds. The van der Waals surface area contributed by atoms with Gasteiger partial charge in [0, 0.05) is 11.9 Å². The minimum atomic E-state index is -1.22. The molecule has 0 unspecified atom stereocenters. The monoisotopic (exact) mass is 298 g/mol. The Morgan fingerprint density at radius 1 is 1.47 bits per heavy atom. The number of aromatic nitrogens is 1. The molecule has 0 aliphatic rings. The number of carboxylic acids is 1. The molecule has 0 bridgehead atoms. The van der Waals surface area contributed by atoms with E-state index < -0.39 is 11.8 Å². The molecule has 1 aromatic carbocycles. The SMILES string of the molecule is Nc1cc(F)c(Sc2ncccc2Cl)cc1C(=O)O. The van der Waals surface area contributed by atoms with E-state index in [1.165, 1.54) is 12.3 Å². The van der Waals surface area contributed by atoms with Gasteiger partial charge in [-0.1, -0.05) is 23.4 Å². The summed E-state index contributed by atoms with van der Waals surface area (Å²) in [5.41, 5.74) is 5.16. The third-order valence-corrected chi connectivity index (χ3v) is 3.73. The fourth-order valence-electron chi connectivity index (χ4n) is 1.38. The number of benzene rings is 1. The number of hydrogen-bond donors (Lipinski definition) is 2. The maximum Gasteiger partial charge on any atom is 0.337 e. The molecule has 3 N–H and O–H groups in total. The molecule has 0 aliphatic heterocycles. The van der Waals surface area contributed by atoms with Crippen molar-refractivity contribution in [2.45, 2.75) is 9.92 Å². The van der Waals surface area contributed by atoms with Crippen LogP contribution in [0.15, 0.2) is 40.4 Å². The topological polar surface area (TPSA) is 76.2 Å². The second-order valence-electron chi connectivity index (χ2n) is 3.57. The second-order valence-corrected chi connectivity index (χ2v) is 5.01. The van der Waals surface area contributed by atoms with Crippen molar-refractivity contribution in [2.75, 3.05) is 5.73 Å². The average Bonchev–Trinajstić information content (AvgIpc) is 2.34. The number of aromatic carboxylic acids is 1. The van der Waals surface area contributed by atoms with Crippen LogP contribution in [0.4, 0.5) is 10.1 Å². The van der Waals surface area contributed by atoms with Gasteiger partial charge in [-0.05, 0) is 24.3 Å². The van der Waals surface area contributed by atoms with Crippen LogP contribution in [0.1, 0.15) is 10.4 Å². The molecule has 4 nitrogen and oxygen atoms in total. The number of rotatable bonds is 3. The Balaban J connectivity index is 2.43. The number of carbonyl (C=O) groups is 1. The van der Waals surface area contributed by atoms with Crippen molar-refractivity contribution in [2.24, 2.45) is 0 Å². The van der Waals surface area contributed by atoms with Crippen LogP contribution < -0.4 is 5.73 Å². The highest BCUT2D eigenvalue weighted by atomic mass is 35.5. The lowest BCUT2D eigenvalue weighted by atomic mass is 10.2. The number of anilines is 1. The Morgan fingerprint density at radius 2 is 2.21 bits per heavy atom. The summed E-state index contributed by atoms with van der Waals surface area (Å²) < 4.78 is 13.7. The molecule has 0 saturated heterocycles. The highest BCUT2D eigenvalue weighted by molar-refractivity contribution is 7.99. The lowest BCUT2D eigenvalue weighted by Gasteiger charge is -2.07. The van der Waals surface area contributed by atoms with Crippen molar-refractivity contribution < 1.29 is 14.3 Å². The molecule has 2 rings (SSSR count). The summed E-state index contributed by atoms with van der Waals surface area (Å²) >= 11 is 6.86. The van der Waals surface area contributed by atoms with E-state index in [9.17, 15) is 9.18 Å². The highest BCUT2D eigenvalue weighted by Gasteiger charge is 2.15. The molecule has 0 aliphatic carbocycles. The van der Waals surface area contributed by atoms with Crippen LogP contribution in [0.5, 0.6) is 0 Å². The van der Waals surface area contributed by atoms with E-state index in [4.69, 9.17) is 22.4 Å². The Morgan fingerprint density at radius 3 is 2.84 bits per heavy atom. The van der Waals surface area contributed by atoms with Crippen LogP contribution in [-0.4, -0.2) is 16.1 Å². The molecular formula is C12H8ClFN2O2S. The molecule has 7 heteroatoms. The van der Waals surface area contributed by atoms with Gasteiger partial charge in [0.05, 0.1) is 15.5 Å². The zero-order valence-electron chi connectivity index (χ0n) is 9.43. The van der Waals surface area contributed by atoms with Crippen LogP contribution in [0.2, 0.25) is 5.02 Å². The first kappa shape index (κ1) is 13.6. The average molecular weight is 299 g/mol. The zero-order chi connectivity index (χ0) is 14.0. The van der Waals surface area contributed by atoms with Crippen molar-refractivity contribution in [3.63, 3.8) is 0 Å². The summed E-state index contributed by atoms with van der Waals surface area (Å²) in [5.74, 6) is -1.83. The summed E-state index contributed by atoms with van der Waals surface area (Å²) in [6.07, 6.45) is 1.52. The maximum absolute atomic E-state index is 13.7. The summed E-state index contributed by atoms with van der Waals surface area (Å²) in [5, 5.41) is 9.70. The maximum atomic E-state index is 13.7. The fraction of sp³-hybridized carbons (Fsp3) is 0. The summed E-state index contributed by atoms with van der Waals surface area (Å²) in [6, 6.07) is 5.41. The summed E-state index contributed by atoms with van der Waals surface area (Å²) in [6.45, 7) is 0. The van der Waals surface area contributed by atoms with E-state index in [1.807, 2.05) is 0 Å². The number of carboxylic acid groups (broad SMARTS) is 1. The number of halogens is 2. The molecule has 1 aromatic heterocycles. The first-order chi connectivity index (χ1) is 8.99. The smallest absolute Gasteiger partial charge is 0.337 e. The van der Waals surface area contributed by atoms with E-state index in [0.29, 0.717) is 10.0 Å². The van der Waals surface area contributed by atoms with Crippen LogP contribution in [0.25, 0.3) is 0 Å². The predicted octanol–water partition coefficient (Wildman–Crippen LogP) is 3.31. The molecular weight excluding hydrogens is 291 g/mol. The number of nitrogens with zero attached hydrogens (tertiary/aromatic N) is 1. The fourth-order valence-corrected chi connectivity index (χ4v) is 2.44. The quantitative estimate of drug-likeness (QED) is 0.850. The molecule has 0 spiro atoms. The van der Waals surface area contributed by atoms with Gasteiger partial charge in [0.15, 0.2) is 0 Å². The standard InChI is InChI=1S/C12H8ClFN2O2S/c13-7-2-1-3-16-11(7)19-10-4-6(12(17)18)9(15)5-8(10)14/h1-5H,15H2,(H,17,18). The van der Waals surface area contributed by atoms with Gasteiger partial charge < -0.3 is 10.8 Å². The molecule has 0 atom stereocenters. The minimum absolute atomic E-state index is 0.104. The Kier molecular flexibility index (Phi) is 3.92. The normalized spacial score (nSPS) is 10.4. The Bertz CT molecular complexity index is 652. The van der Waals surface area contributed by atoms with Gasteiger partial charge in [0.2, 0.25) is 0 Å². The third-order valence-electron chi connectivity index (χ3n) is 2.27. The first-order valence-electron chi connectivity index (χ1n) is 5.09. The highest BCUT2D eigenvalue weighted by Crippen LogP contribution is 2.34. The summed E-state index contributed by atoms with van der Waals surface area (Å²) in [7, 11) is 0.